The number of rotatable bonds is 3. The number of aliphatic hydroxyl groups excluding tert-OH is 2. The lowest BCUT2D eigenvalue weighted by Crippen LogP contribution is -2.45. The van der Waals surface area contributed by atoms with E-state index in [-0.39, 0.29) is 18.6 Å². The Morgan fingerprint density at radius 3 is 2.50 bits per heavy atom. The standard InChI is InChI=1S/C15H23N3O2/c1-9(2)15-16-7-14(13(8-19)17-15)18-10-3-4-11(18)6-12(20)5-10/h7,9-12,19-20H,3-6,8H2,1-2H3. The third-order valence-corrected chi connectivity index (χ3v) is 4.52. The number of hydrogen-bond acceptors (Lipinski definition) is 5. The van der Waals surface area contributed by atoms with Crippen LogP contribution in [-0.4, -0.2) is 38.4 Å². The second-order valence-corrected chi connectivity index (χ2v) is 6.29. The lowest BCUT2D eigenvalue weighted by molar-refractivity contribution is 0.126. The zero-order valence-electron chi connectivity index (χ0n) is 12.2. The smallest absolute Gasteiger partial charge is 0.131 e. The molecule has 2 aliphatic heterocycles. The molecule has 110 valence electrons. The summed E-state index contributed by atoms with van der Waals surface area (Å²) in [5.41, 5.74) is 1.67. The van der Waals surface area contributed by atoms with E-state index in [1.807, 2.05) is 6.20 Å². The average molecular weight is 277 g/mol. The Morgan fingerprint density at radius 2 is 1.95 bits per heavy atom. The van der Waals surface area contributed by atoms with Crippen LogP contribution in [0.3, 0.4) is 0 Å². The molecule has 0 spiro atoms. The Balaban J connectivity index is 1.94. The van der Waals surface area contributed by atoms with Crippen molar-refractivity contribution in [3.63, 3.8) is 0 Å². The van der Waals surface area contributed by atoms with Gasteiger partial charge in [-0.3, -0.25) is 0 Å². The van der Waals surface area contributed by atoms with Gasteiger partial charge in [-0.2, -0.15) is 0 Å². The van der Waals surface area contributed by atoms with Gasteiger partial charge in [0.2, 0.25) is 0 Å². The van der Waals surface area contributed by atoms with Crippen molar-refractivity contribution in [3.8, 4) is 0 Å². The van der Waals surface area contributed by atoms with E-state index in [4.69, 9.17) is 0 Å². The van der Waals surface area contributed by atoms with E-state index >= 15 is 0 Å². The van der Waals surface area contributed by atoms with E-state index in [1.54, 1.807) is 0 Å². The number of aliphatic hydroxyl groups is 2. The van der Waals surface area contributed by atoms with Gasteiger partial charge in [-0.25, -0.2) is 9.97 Å². The van der Waals surface area contributed by atoms with Crippen LogP contribution < -0.4 is 4.90 Å². The molecule has 2 bridgehead atoms. The molecule has 0 aliphatic carbocycles. The molecule has 3 heterocycles. The highest BCUT2D eigenvalue weighted by Gasteiger charge is 2.41. The quantitative estimate of drug-likeness (QED) is 0.878. The highest BCUT2D eigenvalue weighted by molar-refractivity contribution is 5.53. The summed E-state index contributed by atoms with van der Waals surface area (Å²) in [6.45, 7) is 4.05. The summed E-state index contributed by atoms with van der Waals surface area (Å²) in [5, 5.41) is 19.5. The fourth-order valence-corrected chi connectivity index (χ4v) is 3.58. The molecule has 2 aliphatic rings. The third-order valence-electron chi connectivity index (χ3n) is 4.52. The predicted molar refractivity (Wildman–Crippen MR) is 76.6 cm³/mol. The van der Waals surface area contributed by atoms with Gasteiger partial charge in [0, 0.05) is 18.0 Å². The molecule has 0 aromatic carbocycles. The number of anilines is 1. The maximum Gasteiger partial charge on any atom is 0.131 e. The minimum Gasteiger partial charge on any atom is -0.393 e. The molecule has 2 unspecified atom stereocenters. The Labute approximate surface area is 119 Å². The summed E-state index contributed by atoms with van der Waals surface area (Å²) < 4.78 is 0. The normalized spacial score (nSPS) is 29.2. The van der Waals surface area contributed by atoms with Crippen LogP contribution in [0, 0.1) is 0 Å². The van der Waals surface area contributed by atoms with Crippen molar-refractivity contribution in [2.45, 2.75) is 70.2 Å². The molecule has 5 nitrogen and oxygen atoms in total. The van der Waals surface area contributed by atoms with E-state index in [2.05, 4.69) is 28.7 Å². The largest absolute Gasteiger partial charge is 0.393 e. The number of aromatic nitrogens is 2. The van der Waals surface area contributed by atoms with Crippen LogP contribution in [0.25, 0.3) is 0 Å². The molecule has 1 aromatic heterocycles. The van der Waals surface area contributed by atoms with Gasteiger partial charge in [0.15, 0.2) is 0 Å². The molecular formula is C15H23N3O2. The minimum absolute atomic E-state index is 0.0595. The van der Waals surface area contributed by atoms with E-state index in [0.717, 1.165) is 42.9 Å². The zero-order chi connectivity index (χ0) is 14.3. The summed E-state index contributed by atoms with van der Waals surface area (Å²) in [6.07, 6.45) is 5.52. The van der Waals surface area contributed by atoms with E-state index in [9.17, 15) is 10.2 Å². The van der Waals surface area contributed by atoms with Crippen molar-refractivity contribution >= 4 is 5.69 Å². The first-order chi connectivity index (χ1) is 9.60. The summed E-state index contributed by atoms with van der Waals surface area (Å²) in [6, 6.07) is 0.727. The fraction of sp³-hybridized carbons (Fsp3) is 0.733. The van der Waals surface area contributed by atoms with Crippen LogP contribution in [0.15, 0.2) is 6.20 Å². The second-order valence-electron chi connectivity index (χ2n) is 6.29. The van der Waals surface area contributed by atoms with Crippen molar-refractivity contribution in [3.05, 3.63) is 17.7 Å². The summed E-state index contributed by atoms with van der Waals surface area (Å²) in [7, 11) is 0. The molecule has 5 heteroatoms. The topological polar surface area (TPSA) is 69.5 Å². The molecule has 2 saturated heterocycles. The molecular weight excluding hydrogens is 254 g/mol. The first-order valence-corrected chi connectivity index (χ1v) is 7.53. The van der Waals surface area contributed by atoms with E-state index in [1.165, 1.54) is 0 Å². The van der Waals surface area contributed by atoms with Crippen LogP contribution in [0.2, 0.25) is 0 Å². The lowest BCUT2D eigenvalue weighted by Gasteiger charge is -2.39. The van der Waals surface area contributed by atoms with Crippen LogP contribution >= 0.6 is 0 Å². The van der Waals surface area contributed by atoms with Crippen molar-refractivity contribution in [1.29, 1.82) is 0 Å². The van der Waals surface area contributed by atoms with Gasteiger partial charge in [-0.05, 0) is 25.7 Å². The van der Waals surface area contributed by atoms with Gasteiger partial charge in [-0.15, -0.1) is 0 Å². The number of nitrogens with zero attached hydrogens (tertiary/aromatic N) is 3. The third kappa shape index (κ3) is 2.29. The number of hydrogen-bond donors (Lipinski definition) is 2. The van der Waals surface area contributed by atoms with Crippen molar-refractivity contribution in [2.75, 3.05) is 4.90 Å². The molecule has 2 fully saturated rings. The highest BCUT2D eigenvalue weighted by atomic mass is 16.3. The first-order valence-electron chi connectivity index (χ1n) is 7.53. The molecule has 3 rings (SSSR count). The van der Waals surface area contributed by atoms with Crippen molar-refractivity contribution in [1.82, 2.24) is 9.97 Å². The van der Waals surface area contributed by atoms with Crippen LogP contribution in [0.4, 0.5) is 5.69 Å². The van der Waals surface area contributed by atoms with Gasteiger partial charge in [0.25, 0.3) is 0 Å². The van der Waals surface area contributed by atoms with Gasteiger partial charge in [-0.1, -0.05) is 13.8 Å². The maximum atomic E-state index is 9.89. The fourth-order valence-electron chi connectivity index (χ4n) is 3.58. The Hall–Kier alpha value is -1.20. The highest BCUT2D eigenvalue weighted by Crippen LogP contribution is 2.40. The maximum absolute atomic E-state index is 9.89. The minimum atomic E-state index is -0.183. The Kier molecular flexibility index (Phi) is 3.65. The zero-order valence-corrected chi connectivity index (χ0v) is 12.2. The van der Waals surface area contributed by atoms with Crippen molar-refractivity contribution in [2.24, 2.45) is 0 Å². The summed E-state index contributed by atoms with van der Waals surface area (Å²) in [4.78, 5) is 11.3. The van der Waals surface area contributed by atoms with Gasteiger partial charge in [0.05, 0.1) is 30.3 Å². The lowest BCUT2D eigenvalue weighted by atomic mass is 9.99. The average Bonchev–Trinajstić information content (AvgIpc) is 2.69. The Bertz CT molecular complexity index is 478. The summed E-state index contributed by atoms with van der Waals surface area (Å²) >= 11 is 0. The van der Waals surface area contributed by atoms with Crippen molar-refractivity contribution < 1.29 is 10.2 Å². The second kappa shape index (κ2) is 5.30. The molecule has 0 amide bonds. The van der Waals surface area contributed by atoms with Gasteiger partial charge in [0.1, 0.15) is 5.82 Å². The molecule has 2 atom stereocenters. The first kappa shape index (κ1) is 13.8. The predicted octanol–water partition coefficient (Wildman–Crippen LogP) is 1.58. The number of piperidine rings is 1. The van der Waals surface area contributed by atoms with Gasteiger partial charge >= 0.3 is 0 Å². The molecule has 0 radical (unpaired) electrons. The van der Waals surface area contributed by atoms with Crippen LogP contribution in [-0.2, 0) is 6.61 Å². The summed E-state index contributed by atoms with van der Waals surface area (Å²) in [5.74, 6) is 1.04. The number of fused-ring (bicyclic) bond motifs is 2. The van der Waals surface area contributed by atoms with E-state index < -0.39 is 0 Å². The Morgan fingerprint density at radius 1 is 1.30 bits per heavy atom. The molecule has 1 aromatic rings. The molecule has 0 saturated carbocycles. The monoisotopic (exact) mass is 277 g/mol. The van der Waals surface area contributed by atoms with Crippen LogP contribution in [0.1, 0.15) is 57.0 Å². The molecule has 2 N–H and O–H groups in total. The SMILES string of the molecule is CC(C)c1ncc(N2C3CCC2CC(O)C3)c(CO)n1. The van der Waals surface area contributed by atoms with Gasteiger partial charge < -0.3 is 15.1 Å². The van der Waals surface area contributed by atoms with Crippen LogP contribution in [0.5, 0.6) is 0 Å². The molecule has 20 heavy (non-hydrogen) atoms. The van der Waals surface area contributed by atoms with E-state index in [0.29, 0.717) is 12.1 Å².